The van der Waals surface area contributed by atoms with Gasteiger partial charge in [0.05, 0.1) is 24.6 Å². The normalized spacial score (nSPS) is 18.9. The van der Waals surface area contributed by atoms with E-state index in [4.69, 9.17) is 14.5 Å². The first-order chi connectivity index (χ1) is 15.7. The number of aryl methyl sites for hydroxylation is 1. The summed E-state index contributed by atoms with van der Waals surface area (Å²) in [4.78, 5) is 23.2. The second-order valence-corrected chi connectivity index (χ2v) is 8.35. The number of ether oxygens (including phenoxy) is 2. The van der Waals surface area contributed by atoms with Gasteiger partial charge in [-0.2, -0.15) is 0 Å². The molecule has 6 heteroatoms. The molecule has 0 fully saturated rings. The first kappa shape index (κ1) is 22.2. The summed E-state index contributed by atoms with van der Waals surface area (Å²) in [5.41, 5.74) is 6.56. The number of carbonyl (C=O) groups excluding carboxylic acids is 1. The van der Waals surface area contributed by atoms with Crippen LogP contribution in [0.3, 0.4) is 0 Å². The van der Waals surface area contributed by atoms with Crippen molar-refractivity contribution in [2.24, 2.45) is 4.99 Å². The van der Waals surface area contributed by atoms with Crippen molar-refractivity contribution < 1.29 is 14.3 Å². The largest absolute Gasteiger partial charge is 0.492 e. The van der Waals surface area contributed by atoms with E-state index >= 15 is 0 Å². The van der Waals surface area contributed by atoms with Gasteiger partial charge < -0.3 is 19.4 Å². The van der Waals surface area contributed by atoms with Gasteiger partial charge in [-0.25, -0.2) is 4.99 Å². The van der Waals surface area contributed by atoms with Crippen LogP contribution in [0, 0.1) is 0 Å². The Morgan fingerprint density at radius 3 is 2.97 bits per heavy atom. The van der Waals surface area contributed by atoms with Crippen LogP contribution in [-0.2, 0) is 20.7 Å². The van der Waals surface area contributed by atoms with Crippen LogP contribution in [0.1, 0.15) is 80.9 Å². The van der Waals surface area contributed by atoms with E-state index < -0.39 is 0 Å². The fourth-order valence-corrected chi connectivity index (χ4v) is 4.62. The van der Waals surface area contributed by atoms with Gasteiger partial charge in [0, 0.05) is 30.1 Å². The number of nitrogens with one attached hydrogen (secondary N) is 2. The topological polar surface area (TPSA) is 79.5 Å². The van der Waals surface area contributed by atoms with Gasteiger partial charge in [-0.15, -0.1) is 0 Å². The molecule has 32 heavy (non-hydrogen) atoms. The number of hydrogen-bond donors (Lipinski definition) is 2. The van der Waals surface area contributed by atoms with E-state index in [0.29, 0.717) is 25.6 Å². The molecule has 0 amide bonds. The van der Waals surface area contributed by atoms with Crippen molar-refractivity contribution in [3.8, 4) is 0 Å². The van der Waals surface area contributed by atoms with Gasteiger partial charge in [-0.05, 0) is 81.7 Å². The zero-order valence-electron chi connectivity index (χ0n) is 19.1. The summed E-state index contributed by atoms with van der Waals surface area (Å²) in [5.74, 6) is 1.27. The minimum atomic E-state index is -0.0821. The molecule has 0 saturated carbocycles. The van der Waals surface area contributed by atoms with Gasteiger partial charge in [0.15, 0.2) is 0 Å². The molecule has 3 heterocycles. The van der Waals surface area contributed by atoms with Crippen LogP contribution in [0.15, 0.2) is 46.9 Å². The van der Waals surface area contributed by atoms with E-state index in [0.717, 1.165) is 54.2 Å². The fraction of sp³-hybridized carbons (Fsp3) is 0.462. The molecule has 2 N–H and O–H groups in total. The van der Waals surface area contributed by atoms with Crippen LogP contribution in [0.2, 0.25) is 0 Å². The van der Waals surface area contributed by atoms with Crippen molar-refractivity contribution >= 4 is 17.8 Å². The minimum absolute atomic E-state index is 0.0821. The summed E-state index contributed by atoms with van der Waals surface area (Å²) < 4.78 is 10.9. The van der Waals surface area contributed by atoms with Crippen LogP contribution in [-0.4, -0.2) is 34.9 Å². The number of allylic oxidation sites excluding steroid dienone is 1. The Balaban J connectivity index is 1.46. The summed E-state index contributed by atoms with van der Waals surface area (Å²) in [6.07, 6.45) is 13.1. The molecule has 170 valence electrons. The summed E-state index contributed by atoms with van der Waals surface area (Å²) in [6, 6.07) is 6.27. The third-order valence-corrected chi connectivity index (χ3v) is 6.09. The molecule has 1 atom stereocenters. The van der Waals surface area contributed by atoms with Crippen LogP contribution in [0.25, 0.3) is 6.08 Å². The van der Waals surface area contributed by atoms with Gasteiger partial charge in [0.2, 0.25) is 0 Å². The maximum absolute atomic E-state index is 11.6. The van der Waals surface area contributed by atoms with E-state index in [1.54, 1.807) is 0 Å². The Morgan fingerprint density at radius 2 is 2.19 bits per heavy atom. The van der Waals surface area contributed by atoms with Crippen LogP contribution in [0.5, 0.6) is 0 Å². The molecule has 1 unspecified atom stereocenters. The lowest BCUT2D eigenvalue weighted by atomic mass is 9.83. The molecule has 1 aliphatic carbocycles. The number of H-pyrrole nitrogens is 2. The number of esters is 1. The van der Waals surface area contributed by atoms with E-state index in [9.17, 15) is 4.79 Å². The Morgan fingerprint density at radius 1 is 1.28 bits per heavy atom. The summed E-state index contributed by atoms with van der Waals surface area (Å²) in [7, 11) is 0. The summed E-state index contributed by atoms with van der Waals surface area (Å²) in [5, 5.41) is 0. The molecule has 4 rings (SSSR count). The Kier molecular flexibility index (Phi) is 7.30. The van der Waals surface area contributed by atoms with Gasteiger partial charge in [-0.3, -0.25) is 4.79 Å². The lowest BCUT2D eigenvalue weighted by molar-refractivity contribution is -0.143. The highest BCUT2D eigenvalue weighted by atomic mass is 16.5. The lowest BCUT2D eigenvalue weighted by Gasteiger charge is -2.22. The highest BCUT2D eigenvalue weighted by Gasteiger charge is 2.23. The highest BCUT2D eigenvalue weighted by molar-refractivity contribution is 6.11. The van der Waals surface area contributed by atoms with Gasteiger partial charge in [0.25, 0.3) is 0 Å². The second kappa shape index (κ2) is 10.5. The summed E-state index contributed by atoms with van der Waals surface area (Å²) in [6.45, 7) is 4.91. The first-order valence-corrected chi connectivity index (χ1v) is 11.8. The Hall–Kier alpha value is -3.02. The lowest BCUT2D eigenvalue weighted by Crippen LogP contribution is -2.09. The number of nitrogens with zero attached hydrogens (tertiary/aromatic N) is 1. The molecular formula is C26H33N3O3. The zero-order valence-corrected chi connectivity index (χ0v) is 19.1. The third kappa shape index (κ3) is 5.23. The first-order valence-electron chi connectivity index (χ1n) is 11.8. The monoisotopic (exact) mass is 435 g/mol. The number of unbranched alkanes of at least 4 members (excludes halogenated alkanes) is 1. The van der Waals surface area contributed by atoms with E-state index in [1.807, 2.05) is 38.3 Å². The number of rotatable bonds is 10. The number of carbonyl (C=O) groups is 1. The quantitative estimate of drug-likeness (QED) is 0.374. The molecule has 0 bridgehead atoms. The molecule has 0 radical (unpaired) electrons. The maximum atomic E-state index is 11.6. The average molecular weight is 436 g/mol. The number of aromatic nitrogens is 2. The fourth-order valence-electron chi connectivity index (χ4n) is 4.62. The van der Waals surface area contributed by atoms with E-state index in [-0.39, 0.29) is 5.97 Å². The Labute approximate surface area is 189 Å². The van der Waals surface area contributed by atoms with Crippen LogP contribution < -0.4 is 0 Å². The van der Waals surface area contributed by atoms with Crippen molar-refractivity contribution in [1.82, 2.24) is 9.97 Å². The predicted octanol–water partition coefficient (Wildman–Crippen LogP) is 5.65. The van der Waals surface area contributed by atoms with Gasteiger partial charge in [0.1, 0.15) is 11.5 Å². The van der Waals surface area contributed by atoms with Crippen molar-refractivity contribution in [3.05, 3.63) is 64.6 Å². The number of fused-ring (bicyclic) bond motifs is 1. The van der Waals surface area contributed by atoms with E-state index in [2.05, 4.69) is 22.1 Å². The minimum Gasteiger partial charge on any atom is -0.492 e. The van der Waals surface area contributed by atoms with Crippen LogP contribution in [0.4, 0.5) is 0 Å². The van der Waals surface area contributed by atoms with Crippen LogP contribution >= 0.6 is 0 Å². The SMILES string of the molecule is CCOC(=O)CCCCC1CCCc2[nH]c(C=C3N=C(c4ccc[nH]4)C=C3OCC)cc21. The Bertz CT molecular complexity index is 1010. The number of aliphatic imine (C=N–C) groups is 1. The zero-order chi connectivity index (χ0) is 22.3. The molecule has 2 aliphatic rings. The van der Waals surface area contributed by atoms with Crippen molar-refractivity contribution in [1.29, 1.82) is 0 Å². The molecule has 1 aliphatic heterocycles. The molecule has 0 aromatic carbocycles. The molecule has 2 aromatic rings. The molecule has 0 spiro atoms. The third-order valence-electron chi connectivity index (χ3n) is 6.09. The maximum Gasteiger partial charge on any atom is 0.305 e. The molecular weight excluding hydrogens is 402 g/mol. The van der Waals surface area contributed by atoms with Crippen molar-refractivity contribution in [3.63, 3.8) is 0 Å². The van der Waals surface area contributed by atoms with Crippen molar-refractivity contribution in [2.75, 3.05) is 13.2 Å². The van der Waals surface area contributed by atoms with Gasteiger partial charge in [-0.1, -0.05) is 6.42 Å². The standard InChI is InChI=1S/C26H33N3O3/c1-3-31-25-17-23(22-12-8-14-27-22)29-24(25)16-19-15-20-18(10-7-11-21(20)28-19)9-5-6-13-26(30)32-4-2/h8,12,14-18,27-28H,3-7,9-11,13H2,1-2H3. The smallest absolute Gasteiger partial charge is 0.305 e. The summed E-state index contributed by atoms with van der Waals surface area (Å²) >= 11 is 0. The number of hydrogen-bond acceptors (Lipinski definition) is 4. The van der Waals surface area contributed by atoms with Crippen molar-refractivity contribution in [2.45, 2.75) is 64.7 Å². The van der Waals surface area contributed by atoms with E-state index in [1.165, 1.54) is 24.1 Å². The highest BCUT2D eigenvalue weighted by Crippen LogP contribution is 2.36. The molecule has 0 saturated heterocycles. The average Bonchev–Trinajstić information content (AvgIpc) is 3.52. The van der Waals surface area contributed by atoms with Gasteiger partial charge >= 0.3 is 5.97 Å². The predicted molar refractivity (Wildman–Crippen MR) is 127 cm³/mol. The molecule has 6 nitrogen and oxygen atoms in total. The number of aromatic amines is 2. The second-order valence-electron chi connectivity index (χ2n) is 8.35. The molecule has 2 aromatic heterocycles.